The number of nitrogens with zero attached hydrogens (tertiary/aromatic N) is 3. The van der Waals surface area contributed by atoms with Gasteiger partial charge in [-0.05, 0) is 33.9 Å². The third-order valence-electron chi connectivity index (χ3n) is 2.98. The van der Waals surface area contributed by atoms with Gasteiger partial charge in [-0.2, -0.15) is 0 Å². The summed E-state index contributed by atoms with van der Waals surface area (Å²) >= 11 is 0. The minimum absolute atomic E-state index is 0.367. The van der Waals surface area contributed by atoms with Crippen LogP contribution in [-0.4, -0.2) is 48.6 Å². The number of likely N-dealkylation sites (N-methyl/N-ethyl adjacent to an activating group) is 1. The molecule has 0 amide bonds. The molecule has 0 aromatic carbocycles. The zero-order valence-electron chi connectivity index (χ0n) is 11.7. The van der Waals surface area contributed by atoms with E-state index in [1.54, 1.807) is 0 Å². The fraction of sp³-hybridized carbons (Fsp3) is 0.692. The van der Waals surface area contributed by atoms with E-state index in [4.69, 9.17) is 0 Å². The number of hydrogen-bond acceptors (Lipinski definition) is 5. The van der Waals surface area contributed by atoms with Crippen molar-refractivity contribution in [3.8, 4) is 0 Å². The Labute approximate surface area is 109 Å². The van der Waals surface area contributed by atoms with E-state index in [1.807, 2.05) is 13.1 Å². The molecule has 1 aliphatic carbocycles. The van der Waals surface area contributed by atoms with Crippen LogP contribution in [0.4, 0.5) is 11.6 Å². The van der Waals surface area contributed by atoms with E-state index in [0.29, 0.717) is 12.0 Å². The van der Waals surface area contributed by atoms with Crippen LogP contribution < -0.4 is 10.6 Å². The topological polar surface area (TPSA) is 53.1 Å². The summed E-state index contributed by atoms with van der Waals surface area (Å²) in [5.74, 6) is 3.36. The summed E-state index contributed by atoms with van der Waals surface area (Å²) in [7, 11) is 6.05. The first kappa shape index (κ1) is 13.1. The third-order valence-corrected chi connectivity index (χ3v) is 2.98. The van der Waals surface area contributed by atoms with Gasteiger partial charge in [-0.1, -0.05) is 0 Å². The summed E-state index contributed by atoms with van der Waals surface area (Å²) in [5, 5.41) is 6.54. The van der Waals surface area contributed by atoms with Gasteiger partial charge in [0.2, 0.25) is 0 Å². The third kappa shape index (κ3) is 3.57. The molecule has 1 aliphatic rings. The number of hydrogen-bond donors (Lipinski definition) is 2. The standard InChI is InChI=1S/C13H23N5/c1-9(8-18(3)4)15-12-7-11(14-2)16-13(17-12)10-5-6-10/h7,9-10H,5-6,8H2,1-4H3,(H2,14,15,16,17). The smallest absolute Gasteiger partial charge is 0.136 e. The lowest BCUT2D eigenvalue weighted by molar-refractivity contribution is 0.392. The fourth-order valence-electron chi connectivity index (χ4n) is 2.04. The van der Waals surface area contributed by atoms with Crippen LogP contribution in [0.2, 0.25) is 0 Å². The van der Waals surface area contributed by atoms with Gasteiger partial charge in [0.05, 0.1) is 0 Å². The van der Waals surface area contributed by atoms with Crippen molar-refractivity contribution >= 4 is 11.6 Å². The largest absolute Gasteiger partial charge is 0.373 e. The molecule has 2 N–H and O–H groups in total. The highest BCUT2D eigenvalue weighted by Crippen LogP contribution is 2.38. The molecule has 2 rings (SSSR count). The van der Waals surface area contributed by atoms with Crippen LogP contribution in [0.1, 0.15) is 31.5 Å². The monoisotopic (exact) mass is 249 g/mol. The first-order valence-electron chi connectivity index (χ1n) is 6.56. The van der Waals surface area contributed by atoms with Crippen LogP contribution >= 0.6 is 0 Å². The van der Waals surface area contributed by atoms with E-state index < -0.39 is 0 Å². The Morgan fingerprint density at radius 1 is 1.33 bits per heavy atom. The highest BCUT2D eigenvalue weighted by atomic mass is 15.1. The Morgan fingerprint density at radius 2 is 2.00 bits per heavy atom. The maximum absolute atomic E-state index is 4.61. The lowest BCUT2D eigenvalue weighted by atomic mass is 10.3. The van der Waals surface area contributed by atoms with Gasteiger partial charge in [0, 0.05) is 31.6 Å². The van der Waals surface area contributed by atoms with Gasteiger partial charge in [-0.3, -0.25) is 0 Å². The normalized spacial score (nSPS) is 16.7. The zero-order chi connectivity index (χ0) is 13.1. The first-order valence-corrected chi connectivity index (χ1v) is 6.56. The van der Waals surface area contributed by atoms with E-state index in [2.05, 4.69) is 46.5 Å². The summed E-state index contributed by atoms with van der Waals surface area (Å²) in [6.45, 7) is 3.15. The molecule has 1 saturated carbocycles. The quantitative estimate of drug-likeness (QED) is 0.804. The van der Waals surface area contributed by atoms with Gasteiger partial charge >= 0.3 is 0 Å². The Kier molecular flexibility index (Phi) is 4.01. The second kappa shape index (κ2) is 5.52. The highest BCUT2D eigenvalue weighted by Gasteiger charge is 2.27. The number of nitrogens with one attached hydrogen (secondary N) is 2. The van der Waals surface area contributed by atoms with Gasteiger partial charge in [0.1, 0.15) is 17.5 Å². The van der Waals surface area contributed by atoms with Crippen molar-refractivity contribution in [2.75, 3.05) is 38.3 Å². The molecule has 0 aliphatic heterocycles. The van der Waals surface area contributed by atoms with Crippen LogP contribution in [0.3, 0.4) is 0 Å². The summed E-state index contributed by atoms with van der Waals surface area (Å²) in [5.41, 5.74) is 0. The number of aromatic nitrogens is 2. The molecule has 1 atom stereocenters. The maximum atomic E-state index is 4.61. The molecule has 1 fully saturated rings. The van der Waals surface area contributed by atoms with Crippen molar-refractivity contribution in [2.45, 2.75) is 31.7 Å². The Balaban J connectivity index is 2.08. The summed E-state index contributed by atoms with van der Waals surface area (Å²) < 4.78 is 0. The predicted molar refractivity (Wildman–Crippen MR) is 75.2 cm³/mol. The van der Waals surface area contributed by atoms with Gasteiger partial charge in [-0.15, -0.1) is 0 Å². The van der Waals surface area contributed by atoms with Crippen LogP contribution in [0.5, 0.6) is 0 Å². The van der Waals surface area contributed by atoms with Crippen molar-refractivity contribution < 1.29 is 0 Å². The van der Waals surface area contributed by atoms with E-state index >= 15 is 0 Å². The number of rotatable bonds is 6. The molecule has 1 aromatic heterocycles. The second-order valence-corrected chi connectivity index (χ2v) is 5.33. The van der Waals surface area contributed by atoms with Gasteiger partial charge in [0.15, 0.2) is 0 Å². The second-order valence-electron chi connectivity index (χ2n) is 5.33. The minimum Gasteiger partial charge on any atom is -0.373 e. The maximum Gasteiger partial charge on any atom is 0.136 e. The summed E-state index contributed by atoms with van der Waals surface area (Å²) in [6, 6.07) is 2.34. The Morgan fingerprint density at radius 3 is 2.56 bits per heavy atom. The highest BCUT2D eigenvalue weighted by molar-refractivity contribution is 5.48. The van der Waals surface area contributed by atoms with Crippen molar-refractivity contribution in [1.29, 1.82) is 0 Å². The van der Waals surface area contributed by atoms with Crippen molar-refractivity contribution in [3.05, 3.63) is 11.9 Å². The van der Waals surface area contributed by atoms with Crippen LogP contribution in [0.25, 0.3) is 0 Å². The molecule has 0 saturated heterocycles. The molecular formula is C13H23N5. The molecule has 1 heterocycles. The van der Waals surface area contributed by atoms with Crippen LogP contribution in [0.15, 0.2) is 6.07 Å². The van der Waals surface area contributed by atoms with Crippen molar-refractivity contribution in [3.63, 3.8) is 0 Å². The Hall–Kier alpha value is -1.36. The van der Waals surface area contributed by atoms with Crippen LogP contribution in [-0.2, 0) is 0 Å². The molecule has 5 nitrogen and oxygen atoms in total. The minimum atomic E-state index is 0.367. The van der Waals surface area contributed by atoms with Crippen molar-refractivity contribution in [2.24, 2.45) is 0 Å². The predicted octanol–water partition coefficient (Wildman–Crippen LogP) is 1.76. The summed E-state index contributed by atoms with van der Waals surface area (Å²) in [4.78, 5) is 11.3. The Bertz CT molecular complexity index is 400. The van der Waals surface area contributed by atoms with Gasteiger partial charge in [0.25, 0.3) is 0 Å². The molecule has 5 heteroatoms. The average molecular weight is 249 g/mol. The molecule has 0 spiro atoms. The number of anilines is 2. The lowest BCUT2D eigenvalue weighted by Crippen LogP contribution is -2.30. The molecular weight excluding hydrogens is 226 g/mol. The van der Waals surface area contributed by atoms with Crippen LogP contribution in [0, 0.1) is 0 Å². The molecule has 0 radical (unpaired) electrons. The van der Waals surface area contributed by atoms with Gasteiger partial charge in [-0.25, -0.2) is 9.97 Å². The molecule has 1 unspecified atom stereocenters. The zero-order valence-corrected chi connectivity index (χ0v) is 11.7. The van der Waals surface area contributed by atoms with Crippen molar-refractivity contribution in [1.82, 2.24) is 14.9 Å². The van der Waals surface area contributed by atoms with Gasteiger partial charge < -0.3 is 15.5 Å². The first-order chi connectivity index (χ1) is 8.58. The SMILES string of the molecule is CNc1cc(NC(C)CN(C)C)nc(C2CC2)n1. The molecule has 100 valence electrons. The fourth-order valence-corrected chi connectivity index (χ4v) is 2.04. The van der Waals surface area contributed by atoms with E-state index in [0.717, 1.165) is 24.0 Å². The van der Waals surface area contributed by atoms with E-state index in [-0.39, 0.29) is 0 Å². The summed E-state index contributed by atoms with van der Waals surface area (Å²) in [6.07, 6.45) is 2.44. The van der Waals surface area contributed by atoms with E-state index in [1.165, 1.54) is 12.8 Å². The lowest BCUT2D eigenvalue weighted by Gasteiger charge is -2.19. The average Bonchev–Trinajstić information content (AvgIpc) is 3.10. The van der Waals surface area contributed by atoms with E-state index in [9.17, 15) is 0 Å². The molecule has 0 bridgehead atoms. The molecule has 18 heavy (non-hydrogen) atoms. The molecule has 1 aromatic rings.